The lowest BCUT2D eigenvalue weighted by molar-refractivity contribution is 0.0681. The van der Waals surface area contributed by atoms with E-state index < -0.39 is 0 Å². The highest BCUT2D eigenvalue weighted by atomic mass is 16.5. The molecule has 4 aromatic carbocycles. The van der Waals surface area contributed by atoms with E-state index in [4.69, 9.17) is 9.47 Å². The van der Waals surface area contributed by atoms with Crippen LogP contribution in [-0.4, -0.2) is 19.3 Å². The van der Waals surface area contributed by atoms with E-state index in [0.29, 0.717) is 18.4 Å². The minimum atomic E-state index is 0.205. The molecule has 3 nitrogen and oxygen atoms in total. The van der Waals surface area contributed by atoms with Crippen molar-refractivity contribution >= 4 is 27.2 Å². The fourth-order valence-electron chi connectivity index (χ4n) is 6.34. The summed E-state index contributed by atoms with van der Waals surface area (Å²) in [7, 11) is 0. The number of rotatable bonds is 4. The smallest absolute Gasteiger partial charge is 0.142 e. The summed E-state index contributed by atoms with van der Waals surface area (Å²) in [6, 6.07) is 26.7. The average molecular weight is 448 g/mol. The van der Waals surface area contributed by atoms with Crippen molar-refractivity contribution in [2.24, 2.45) is 5.92 Å². The fourth-order valence-corrected chi connectivity index (χ4v) is 6.34. The largest absolute Gasteiger partial charge is 0.489 e. The van der Waals surface area contributed by atoms with Crippen LogP contribution in [0.25, 0.3) is 21.5 Å². The van der Waals surface area contributed by atoms with E-state index in [2.05, 4.69) is 90.3 Å². The molecule has 0 bridgehead atoms. The Bertz CT molecular complexity index is 1350. The molecule has 2 heterocycles. The van der Waals surface area contributed by atoms with Gasteiger partial charge in [-0.05, 0) is 70.0 Å². The van der Waals surface area contributed by atoms with Crippen molar-refractivity contribution in [3.63, 3.8) is 0 Å². The maximum atomic E-state index is 6.38. The van der Waals surface area contributed by atoms with Gasteiger partial charge in [0, 0.05) is 12.5 Å². The summed E-state index contributed by atoms with van der Waals surface area (Å²) >= 11 is 0. The SMILES string of the molecule is C1=CC2c3cccc(OCC4CCCO4)c3NC(c3c4ccccc4cc4ccccc34)C2C1. The number of ether oxygens (including phenoxy) is 2. The second-order valence-corrected chi connectivity index (χ2v) is 9.87. The number of anilines is 1. The van der Waals surface area contributed by atoms with Crippen LogP contribution in [0.4, 0.5) is 5.69 Å². The van der Waals surface area contributed by atoms with Crippen molar-refractivity contribution < 1.29 is 9.47 Å². The predicted octanol–water partition coefficient (Wildman–Crippen LogP) is 7.38. The van der Waals surface area contributed by atoms with Gasteiger partial charge >= 0.3 is 0 Å². The molecule has 3 aliphatic rings. The van der Waals surface area contributed by atoms with Crippen LogP contribution in [0.5, 0.6) is 5.75 Å². The van der Waals surface area contributed by atoms with Crippen LogP contribution >= 0.6 is 0 Å². The summed E-state index contributed by atoms with van der Waals surface area (Å²) in [5.74, 6) is 1.82. The first kappa shape index (κ1) is 20.1. The summed E-state index contributed by atoms with van der Waals surface area (Å²) in [4.78, 5) is 0. The Hall–Kier alpha value is -3.30. The molecule has 1 fully saturated rings. The molecular weight excluding hydrogens is 418 g/mol. The Labute approximate surface area is 200 Å². The first-order valence-corrected chi connectivity index (χ1v) is 12.6. The third-order valence-corrected chi connectivity index (χ3v) is 7.93. The number of nitrogens with one attached hydrogen (secondary N) is 1. The molecular formula is C31H29NO2. The van der Waals surface area contributed by atoms with Gasteiger partial charge in [-0.3, -0.25) is 0 Å². The maximum Gasteiger partial charge on any atom is 0.142 e. The Morgan fingerprint density at radius 3 is 2.47 bits per heavy atom. The Balaban J connectivity index is 1.37. The molecule has 2 aliphatic heterocycles. The highest BCUT2D eigenvalue weighted by molar-refractivity contribution is 6.03. The monoisotopic (exact) mass is 447 g/mol. The molecule has 1 aliphatic carbocycles. The summed E-state index contributed by atoms with van der Waals surface area (Å²) < 4.78 is 12.2. The standard InChI is InChI=1S/C31H29NO2/c1-3-11-23-20(8-1)18-21-9-2-4-12-24(21)29(23)31-27-14-5-13-25(27)26-15-6-16-28(30(26)32-31)34-19-22-10-7-17-33-22/h1-6,8-9,11-13,15-16,18,22,25,27,31-32H,7,10,14,17,19H2. The highest BCUT2D eigenvalue weighted by Gasteiger charge is 2.40. The fraction of sp³-hybridized carbons (Fsp3) is 0.290. The first-order valence-electron chi connectivity index (χ1n) is 12.6. The molecule has 3 heteroatoms. The predicted molar refractivity (Wildman–Crippen MR) is 139 cm³/mol. The third-order valence-electron chi connectivity index (χ3n) is 7.93. The first-order chi connectivity index (χ1) is 16.9. The molecule has 0 saturated carbocycles. The lowest BCUT2D eigenvalue weighted by atomic mass is 9.75. The molecule has 1 saturated heterocycles. The zero-order chi connectivity index (χ0) is 22.5. The average Bonchev–Trinajstić information content (AvgIpc) is 3.58. The number of hydrogen-bond donors (Lipinski definition) is 1. The van der Waals surface area contributed by atoms with Crippen molar-refractivity contribution in [1.82, 2.24) is 0 Å². The molecule has 0 aromatic heterocycles. The molecule has 0 spiro atoms. The number of allylic oxidation sites excluding steroid dienone is 2. The molecule has 4 aromatic rings. The van der Waals surface area contributed by atoms with Crippen molar-refractivity contribution in [1.29, 1.82) is 0 Å². The summed E-state index contributed by atoms with van der Waals surface area (Å²) in [5.41, 5.74) is 3.91. The number of benzene rings is 4. The topological polar surface area (TPSA) is 30.5 Å². The van der Waals surface area contributed by atoms with Crippen molar-refractivity contribution in [2.45, 2.75) is 37.3 Å². The number of para-hydroxylation sites is 1. The molecule has 0 radical (unpaired) electrons. The van der Waals surface area contributed by atoms with Gasteiger partial charge in [0.1, 0.15) is 12.4 Å². The second kappa shape index (κ2) is 8.18. The van der Waals surface area contributed by atoms with Crippen molar-refractivity contribution in [3.05, 3.63) is 96.1 Å². The van der Waals surface area contributed by atoms with Crippen molar-refractivity contribution in [2.75, 3.05) is 18.5 Å². The summed E-state index contributed by atoms with van der Waals surface area (Å²) in [6.07, 6.45) is 8.28. The van der Waals surface area contributed by atoms with Crippen LogP contribution < -0.4 is 10.1 Å². The van der Waals surface area contributed by atoms with Crippen LogP contribution in [0.2, 0.25) is 0 Å². The van der Waals surface area contributed by atoms with Gasteiger partial charge in [0.25, 0.3) is 0 Å². The zero-order valence-electron chi connectivity index (χ0n) is 19.2. The Kier molecular flexibility index (Phi) is 4.83. The second-order valence-electron chi connectivity index (χ2n) is 9.87. The molecule has 1 N–H and O–H groups in total. The minimum Gasteiger partial charge on any atom is -0.489 e. The molecule has 170 valence electrons. The number of fused-ring (bicyclic) bond motifs is 5. The van der Waals surface area contributed by atoms with E-state index in [1.54, 1.807) is 0 Å². The minimum absolute atomic E-state index is 0.205. The Morgan fingerprint density at radius 1 is 0.912 bits per heavy atom. The highest BCUT2D eigenvalue weighted by Crippen LogP contribution is 2.54. The van der Waals surface area contributed by atoms with Gasteiger partial charge in [0.2, 0.25) is 0 Å². The van der Waals surface area contributed by atoms with Crippen LogP contribution in [0.3, 0.4) is 0 Å². The Morgan fingerprint density at radius 2 is 1.71 bits per heavy atom. The molecule has 4 atom stereocenters. The van der Waals surface area contributed by atoms with E-state index in [-0.39, 0.29) is 12.1 Å². The molecule has 34 heavy (non-hydrogen) atoms. The lowest BCUT2D eigenvalue weighted by Gasteiger charge is -2.39. The van der Waals surface area contributed by atoms with Gasteiger partial charge in [0.05, 0.1) is 17.8 Å². The van der Waals surface area contributed by atoms with E-state index >= 15 is 0 Å². The third kappa shape index (κ3) is 3.22. The van der Waals surface area contributed by atoms with Crippen LogP contribution in [0.1, 0.15) is 42.3 Å². The van der Waals surface area contributed by atoms with E-state index in [9.17, 15) is 0 Å². The van der Waals surface area contributed by atoms with E-state index in [1.165, 1.54) is 32.7 Å². The van der Waals surface area contributed by atoms with Crippen molar-refractivity contribution in [3.8, 4) is 5.75 Å². The lowest BCUT2D eigenvalue weighted by Crippen LogP contribution is -2.30. The molecule has 0 amide bonds. The van der Waals surface area contributed by atoms with Gasteiger partial charge < -0.3 is 14.8 Å². The molecule has 4 unspecified atom stereocenters. The van der Waals surface area contributed by atoms with Gasteiger partial charge in [-0.1, -0.05) is 72.8 Å². The van der Waals surface area contributed by atoms with E-state index in [0.717, 1.165) is 37.3 Å². The van der Waals surface area contributed by atoms with Gasteiger partial charge in [-0.25, -0.2) is 0 Å². The van der Waals surface area contributed by atoms with Crippen LogP contribution in [-0.2, 0) is 4.74 Å². The summed E-state index contributed by atoms with van der Waals surface area (Å²) in [6.45, 7) is 1.47. The van der Waals surface area contributed by atoms with Crippen LogP contribution in [0, 0.1) is 5.92 Å². The zero-order valence-corrected chi connectivity index (χ0v) is 19.2. The quantitative estimate of drug-likeness (QED) is 0.262. The van der Waals surface area contributed by atoms with E-state index in [1.807, 2.05) is 0 Å². The van der Waals surface area contributed by atoms with Gasteiger partial charge in [0.15, 0.2) is 0 Å². The van der Waals surface area contributed by atoms with Gasteiger partial charge in [-0.15, -0.1) is 0 Å². The van der Waals surface area contributed by atoms with Crippen LogP contribution in [0.15, 0.2) is 84.9 Å². The maximum absolute atomic E-state index is 6.38. The van der Waals surface area contributed by atoms with Gasteiger partial charge in [-0.2, -0.15) is 0 Å². The number of hydrogen-bond acceptors (Lipinski definition) is 3. The molecule has 7 rings (SSSR count). The normalized spacial score (nSPS) is 25.3. The summed E-state index contributed by atoms with van der Waals surface area (Å²) in [5, 5.41) is 9.28.